The second-order valence-electron chi connectivity index (χ2n) is 7.49. The summed E-state index contributed by atoms with van der Waals surface area (Å²) in [4.78, 5) is 9.98. The summed E-state index contributed by atoms with van der Waals surface area (Å²) in [5.41, 5.74) is 0.383. The third-order valence-electron chi connectivity index (χ3n) is 5.79. The van der Waals surface area contributed by atoms with E-state index in [-0.39, 0.29) is 0 Å². The molecular weight excluding hydrogens is 304 g/mol. The van der Waals surface area contributed by atoms with Gasteiger partial charge >= 0.3 is 0 Å². The number of nitrogens with one attached hydrogen (secondary N) is 1. The Morgan fingerprint density at radius 2 is 2.29 bits per heavy atom. The predicted molar refractivity (Wildman–Crippen MR) is 96.5 cm³/mol. The molecule has 0 aliphatic carbocycles. The maximum Gasteiger partial charge on any atom is 0.193 e. The van der Waals surface area contributed by atoms with E-state index in [2.05, 4.69) is 22.0 Å². The molecule has 6 heteroatoms. The highest BCUT2D eigenvalue weighted by molar-refractivity contribution is 5.80. The molecule has 0 bridgehead atoms. The van der Waals surface area contributed by atoms with Gasteiger partial charge in [-0.2, -0.15) is 0 Å². The molecule has 0 amide bonds. The summed E-state index contributed by atoms with van der Waals surface area (Å²) >= 11 is 0. The summed E-state index contributed by atoms with van der Waals surface area (Å²) in [6, 6.07) is 0.570. The van der Waals surface area contributed by atoms with Crippen molar-refractivity contribution in [1.29, 1.82) is 0 Å². The number of methoxy groups -OCH3 is 1. The van der Waals surface area contributed by atoms with Gasteiger partial charge < -0.3 is 19.7 Å². The van der Waals surface area contributed by atoms with E-state index in [1.807, 2.05) is 0 Å². The van der Waals surface area contributed by atoms with E-state index in [4.69, 9.17) is 14.5 Å². The highest BCUT2D eigenvalue weighted by Gasteiger charge is 2.42. The summed E-state index contributed by atoms with van der Waals surface area (Å²) in [7, 11) is 1.78. The molecule has 24 heavy (non-hydrogen) atoms. The Morgan fingerprint density at radius 3 is 3.04 bits per heavy atom. The number of nitrogens with zero attached hydrogens (tertiary/aromatic N) is 3. The van der Waals surface area contributed by atoms with Crippen molar-refractivity contribution in [2.75, 3.05) is 66.2 Å². The standard InChI is InChI=1S/C18H34N4O2/c1-3-19-17(22-9-6-18(14-22)7-11-24-15-18)20-13-16-5-4-8-21(16)10-12-23-2/h16H,3-15H2,1-2H3,(H,19,20). The molecule has 0 aromatic rings. The Hall–Kier alpha value is -0.850. The molecule has 3 aliphatic heterocycles. The number of aliphatic imine (C=N–C) groups is 1. The largest absolute Gasteiger partial charge is 0.383 e. The van der Waals surface area contributed by atoms with E-state index in [1.165, 1.54) is 32.2 Å². The summed E-state index contributed by atoms with van der Waals surface area (Å²) < 4.78 is 10.9. The molecule has 0 aromatic heterocycles. The van der Waals surface area contributed by atoms with Crippen molar-refractivity contribution in [2.45, 2.75) is 38.6 Å². The third kappa shape index (κ3) is 4.21. The van der Waals surface area contributed by atoms with Crippen LogP contribution >= 0.6 is 0 Å². The SMILES string of the molecule is CCNC(=NCC1CCCN1CCOC)N1CCC2(CCOC2)C1. The van der Waals surface area contributed by atoms with E-state index in [9.17, 15) is 0 Å². The summed E-state index contributed by atoms with van der Waals surface area (Å²) in [6.07, 6.45) is 4.98. The van der Waals surface area contributed by atoms with Gasteiger partial charge in [0.2, 0.25) is 0 Å². The second-order valence-corrected chi connectivity index (χ2v) is 7.49. The Morgan fingerprint density at radius 1 is 1.38 bits per heavy atom. The van der Waals surface area contributed by atoms with Gasteiger partial charge in [-0.3, -0.25) is 9.89 Å². The average molecular weight is 338 g/mol. The molecule has 2 unspecified atom stereocenters. The zero-order chi connectivity index (χ0) is 16.8. The monoisotopic (exact) mass is 338 g/mol. The van der Waals surface area contributed by atoms with Gasteiger partial charge in [0.25, 0.3) is 0 Å². The summed E-state index contributed by atoms with van der Waals surface area (Å²) in [5, 5.41) is 3.50. The minimum atomic E-state index is 0.383. The van der Waals surface area contributed by atoms with Crippen LogP contribution < -0.4 is 5.32 Å². The van der Waals surface area contributed by atoms with Crippen LogP contribution in [0.25, 0.3) is 0 Å². The molecule has 3 fully saturated rings. The van der Waals surface area contributed by atoms with E-state index < -0.39 is 0 Å². The maximum atomic E-state index is 5.66. The number of likely N-dealkylation sites (tertiary alicyclic amines) is 2. The first-order chi connectivity index (χ1) is 11.8. The van der Waals surface area contributed by atoms with E-state index in [1.54, 1.807) is 7.11 Å². The first kappa shape index (κ1) is 18.0. The summed E-state index contributed by atoms with van der Waals surface area (Å²) in [5.74, 6) is 1.10. The number of rotatable bonds is 6. The molecule has 3 heterocycles. The fraction of sp³-hybridized carbons (Fsp3) is 0.944. The molecule has 3 saturated heterocycles. The van der Waals surface area contributed by atoms with Crippen LogP contribution in [0.4, 0.5) is 0 Å². The molecule has 3 rings (SSSR count). The molecule has 6 nitrogen and oxygen atoms in total. The molecule has 2 atom stereocenters. The Kier molecular flexibility index (Phi) is 6.36. The van der Waals surface area contributed by atoms with Gasteiger partial charge in [0, 0.05) is 51.4 Å². The lowest BCUT2D eigenvalue weighted by atomic mass is 9.87. The lowest BCUT2D eigenvalue weighted by Gasteiger charge is -2.26. The van der Waals surface area contributed by atoms with Crippen molar-refractivity contribution < 1.29 is 9.47 Å². The van der Waals surface area contributed by atoms with Crippen LogP contribution in [-0.4, -0.2) is 88.0 Å². The summed E-state index contributed by atoms with van der Waals surface area (Å²) in [6.45, 7) is 11.1. The van der Waals surface area contributed by atoms with Gasteiger partial charge in [-0.05, 0) is 39.2 Å². The first-order valence-corrected chi connectivity index (χ1v) is 9.60. The average Bonchev–Trinajstić information content (AvgIpc) is 3.32. The zero-order valence-electron chi connectivity index (χ0n) is 15.4. The lowest BCUT2D eigenvalue weighted by Crippen LogP contribution is -2.42. The Bertz CT molecular complexity index is 423. The number of hydrogen-bond donors (Lipinski definition) is 1. The molecule has 3 aliphatic rings. The molecular formula is C18H34N4O2. The number of guanidine groups is 1. The van der Waals surface area contributed by atoms with Crippen molar-refractivity contribution in [3.05, 3.63) is 0 Å². The molecule has 1 spiro atoms. The minimum Gasteiger partial charge on any atom is -0.383 e. The highest BCUT2D eigenvalue weighted by atomic mass is 16.5. The normalized spacial score (nSPS) is 31.5. The molecule has 0 saturated carbocycles. The zero-order valence-corrected chi connectivity index (χ0v) is 15.4. The van der Waals surface area contributed by atoms with Gasteiger partial charge in [-0.1, -0.05) is 0 Å². The number of ether oxygens (including phenoxy) is 2. The van der Waals surface area contributed by atoms with Gasteiger partial charge in [0.15, 0.2) is 5.96 Å². The van der Waals surface area contributed by atoms with Crippen LogP contribution in [-0.2, 0) is 9.47 Å². The topological polar surface area (TPSA) is 49.3 Å². The van der Waals surface area contributed by atoms with Crippen LogP contribution in [0.1, 0.15) is 32.6 Å². The van der Waals surface area contributed by atoms with E-state index in [0.717, 1.165) is 58.5 Å². The number of hydrogen-bond acceptors (Lipinski definition) is 4. The quantitative estimate of drug-likeness (QED) is 0.582. The van der Waals surface area contributed by atoms with Crippen molar-refractivity contribution in [3.8, 4) is 0 Å². The van der Waals surface area contributed by atoms with Gasteiger partial charge in [-0.25, -0.2) is 0 Å². The van der Waals surface area contributed by atoms with Crippen molar-refractivity contribution in [2.24, 2.45) is 10.4 Å². The molecule has 0 radical (unpaired) electrons. The third-order valence-corrected chi connectivity index (χ3v) is 5.79. The van der Waals surface area contributed by atoms with Crippen molar-refractivity contribution >= 4 is 5.96 Å². The van der Waals surface area contributed by atoms with Gasteiger partial charge in [0.1, 0.15) is 0 Å². The van der Waals surface area contributed by atoms with Crippen molar-refractivity contribution in [3.63, 3.8) is 0 Å². The van der Waals surface area contributed by atoms with Gasteiger partial charge in [0.05, 0.1) is 19.8 Å². The van der Waals surface area contributed by atoms with E-state index >= 15 is 0 Å². The van der Waals surface area contributed by atoms with Crippen molar-refractivity contribution in [1.82, 2.24) is 15.1 Å². The van der Waals surface area contributed by atoms with Crippen LogP contribution in [0, 0.1) is 5.41 Å². The smallest absolute Gasteiger partial charge is 0.193 e. The molecule has 1 N–H and O–H groups in total. The molecule has 0 aromatic carbocycles. The van der Waals surface area contributed by atoms with Gasteiger partial charge in [-0.15, -0.1) is 0 Å². The predicted octanol–water partition coefficient (Wildman–Crippen LogP) is 1.18. The highest BCUT2D eigenvalue weighted by Crippen LogP contribution is 2.38. The van der Waals surface area contributed by atoms with Crippen LogP contribution in [0.3, 0.4) is 0 Å². The second kappa shape index (κ2) is 8.50. The van der Waals surface area contributed by atoms with E-state index in [0.29, 0.717) is 11.5 Å². The first-order valence-electron chi connectivity index (χ1n) is 9.60. The molecule has 138 valence electrons. The minimum absolute atomic E-state index is 0.383. The maximum absolute atomic E-state index is 5.66. The van der Waals surface area contributed by atoms with Crippen LogP contribution in [0.5, 0.6) is 0 Å². The fourth-order valence-electron chi connectivity index (χ4n) is 4.31. The Balaban J connectivity index is 1.57. The van der Waals surface area contributed by atoms with Crippen LogP contribution in [0.2, 0.25) is 0 Å². The fourth-order valence-corrected chi connectivity index (χ4v) is 4.31. The Labute approximate surface area is 146 Å². The lowest BCUT2D eigenvalue weighted by molar-refractivity contribution is 0.142. The van der Waals surface area contributed by atoms with Crippen LogP contribution in [0.15, 0.2) is 4.99 Å².